The summed E-state index contributed by atoms with van der Waals surface area (Å²) in [5.41, 5.74) is 5.06. The average Bonchev–Trinajstić information content (AvgIpc) is 2.31. The Labute approximate surface area is 96.9 Å². The predicted molar refractivity (Wildman–Crippen MR) is 62.0 cm³/mol. The minimum atomic E-state index is -0.500. The van der Waals surface area contributed by atoms with E-state index in [-0.39, 0.29) is 5.91 Å². The smallest absolute Gasteiger partial charge is 0.237 e. The molecule has 0 unspecified atom stereocenters. The van der Waals surface area contributed by atoms with Crippen molar-refractivity contribution in [2.45, 2.75) is 56.5 Å². The lowest BCUT2D eigenvalue weighted by Crippen LogP contribution is -2.61. The van der Waals surface area contributed by atoms with Crippen LogP contribution in [0.3, 0.4) is 0 Å². The third-order valence-electron chi connectivity index (χ3n) is 3.90. The first kappa shape index (κ1) is 11.9. The van der Waals surface area contributed by atoms with E-state index in [1.165, 1.54) is 32.1 Å². The van der Waals surface area contributed by atoms with Crippen LogP contribution >= 0.6 is 0 Å². The zero-order valence-electron chi connectivity index (χ0n) is 9.84. The van der Waals surface area contributed by atoms with Crippen molar-refractivity contribution in [2.24, 2.45) is 5.73 Å². The summed E-state index contributed by atoms with van der Waals surface area (Å²) in [7, 11) is 0. The maximum absolute atomic E-state index is 11.7. The van der Waals surface area contributed by atoms with Crippen LogP contribution < -0.4 is 11.1 Å². The van der Waals surface area contributed by atoms with Crippen LogP contribution in [-0.4, -0.2) is 30.7 Å². The molecule has 1 saturated heterocycles. The van der Waals surface area contributed by atoms with Gasteiger partial charge in [-0.15, -0.1) is 0 Å². The summed E-state index contributed by atoms with van der Waals surface area (Å²) in [6, 6.07) is 0.472. The molecule has 2 aliphatic rings. The fraction of sp³-hybridized carbons (Fsp3) is 0.917. The topological polar surface area (TPSA) is 64.4 Å². The summed E-state index contributed by atoms with van der Waals surface area (Å²) >= 11 is 0. The average molecular weight is 226 g/mol. The molecular formula is C12H22N2O2. The summed E-state index contributed by atoms with van der Waals surface area (Å²) in [5.74, 6) is -0.207. The highest BCUT2D eigenvalue weighted by molar-refractivity contribution is 5.84. The highest BCUT2D eigenvalue weighted by Crippen LogP contribution is 2.25. The number of hydrogen-bond donors (Lipinski definition) is 2. The van der Waals surface area contributed by atoms with Gasteiger partial charge in [-0.25, -0.2) is 0 Å². The molecule has 0 aromatic rings. The second kappa shape index (κ2) is 5.15. The van der Waals surface area contributed by atoms with Gasteiger partial charge in [-0.2, -0.15) is 0 Å². The molecule has 1 saturated carbocycles. The number of ether oxygens (including phenoxy) is 1. The van der Waals surface area contributed by atoms with Crippen molar-refractivity contribution < 1.29 is 9.53 Å². The number of amides is 1. The van der Waals surface area contributed by atoms with Crippen LogP contribution in [0.4, 0.5) is 0 Å². The molecule has 1 aliphatic heterocycles. The first-order valence-corrected chi connectivity index (χ1v) is 6.38. The van der Waals surface area contributed by atoms with Crippen molar-refractivity contribution in [1.82, 2.24) is 5.32 Å². The molecule has 16 heavy (non-hydrogen) atoms. The molecule has 1 heterocycles. The molecule has 0 atom stereocenters. The van der Waals surface area contributed by atoms with Crippen LogP contribution in [0.1, 0.15) is 44.9 Å². The standard InChI is InChI=1S/C12H22N2O2/c13-11(15)12(6-8-16-9-7-12)14-10-4-2-1-3-5-10/h10,14H,1-9H2,(H2,13,15). The minimum Gasteiger partial charge on any atom is -0.381 e. The second-order valence-corrected chi connectivity index (χ2v) is 5.04. The van der Waals surface area contributed by atoms with E-state index in [1.807, 2.05) is 0 Å². The Morgan fingerprint density at radius 1 is 1.19 bits per heavy atom. The van der Waals surface area contributed by atoms with Gasteiger partial charge in [0.25, 0.3) is 0 Å². The lowest BCUT2D eigenvalue weighted by molar-refractivity contribution is -0.129. The van der Waals surface area contributed by atoms with Crippen LogP contribution in [0.5, 0.6) is 0 Å². The van der Waals surface area contributed by atoms with Crippen LogP contribution in [0.25, 0.3) is 0 Å². The number of nitrogens with two attached hydrogens (primary N) is 1. The Hall–Kier alpha value is -0.610. The van der Waals surface area contributed by atoms with Gasteiger partial charge in [0.1, 0.15) is 5.54 Å². The fourth-order valence-corrected chi connectivity index (χ4v) is 2.82. The van der Waals surface area contributed by atoms with E-state index in [4.69, 9.17) is 10.5 Å². The van der Waals surface area contributed by atoms with Crippen molar-refractivity contribution in [3.63, 3.8) is 0 Å². The fourth-order valence-electron chi connectivity index (χ4n) is 2.82. The molecule has 0 aromatic carbocycles. The summed E-state index contributed by atoms with van der Waals surface area (Å²) in [4.78, 5) is 11.7. The van der Waals surface area contributed by atoms with Gasteiger partial charge in [-0.1, -0.05) is 19.3 Å². The van der Waals surface area contributed by atoms with Gasteiger partial charge in [-0.3, -0.25) is 4.79 Å². The van der Waals surface area contributed by atoms with Crippen LogP contribution in [-0.2, 0) is 9.53 Å². The van der Waals surface area contributed by atoms with Gasteiger partial charge >= 0.3 is 0 Å². The van der Waals surface area contributed by atoms with Crippen LogP contribution in [0.2, 0.25) is 0 Å². The minimum absolute atomic E-state index is 0.207. The molecule has 0 aromatic heterocycles. The molecule has 0 bridgehead atoms. The number of carbonyl (C=O) groups is 1. The Kier molecular flexibility index (Phi) is 3.82. The molecule has 1 amide bonds. The molecule has 4 nitrogen and oxygen atoms in total. The zero-order chi connectivity index (χ0) is 11.4. The summed E-state index contributed by atoms with van der Waals surface area (Å²) < 4.78 is 5.32. The number of hydrogen-bond acceptors (Lipinski definition) is 3. The van der Waals surface area contributed by atoms with Gasteiger partial charge in [0.05, 0.1) is 0 Å². The van der Waals surface area contributed by atoms with Crippen molar-refractivity contribution in [3.05, 3.63) is 0 Å². The summed E-state index contributed by atoms with van der Waals surface area (Å²) in [6.45, 7) is 1.28. The molecule has 92 valence electrons. The van der Waals surface area contributed by atoms with Crippen molar-refractivity contribution in [1.29, 1.82) is 0 Å². The van der Waals surface area contributed by atoms with Crippen molar-refractivity contribution >= 4 is 5.91 Å². The van der Waals surface area contributed by atoms with Gasteiger partial charge in [0, 0.05) is 19.3 Å². The molecule has 0 radical (unpaired) electrons. The maximum atomic E-state index is 11.7. The van der Waals surface area contributed by atoms with Crippen molar-refractivity contribution in [3.8, 4) is 0 Å². The lowest BCUT2D eigenvalue weighted by Gasteiger charge is -2.39. The number of primary amides is 1. The first-order chi connectivity index (χ1) is 7.73. The molecule has 2 rings (SSSR count). The monoisotopic (exact) mass is 226 g/mol. The lowest BCUT2D eigenvalue weighted by atomic mass is 9.85. The summed E-state index contributed by atoms with van der Waals surface area (Å²) in [5, 5.41) is 3.52. The molecular weight excluding hydrogens is 204 g/mol. The number of nitrogens with one attached hydrogen (secondary N) is 1. The van der Waals surface area contributed by atoms with Crippen molar-refractivity contribution in [2.75, 3.05) is 13.2 Å². The Bertz CT molecular complexity index is 243. The van der Waals surface area contributed by atoms with Gasteiger partial charge in [0.15, 0.2) is 0 Å². The van der Waals surface area contributed by atoms with E-state index in [0.29, 0.717) is 19.3 Å². The van der Waals surface area contributed by atoms with E-state index in [9.17, 15) is 4.79 Å². The van der Waals surface area contributed by atoms with E-state index in [0.717, 1.165) is 12.8 Å². The first-order valence-electron chi connectivity index (χ1n) is 6.38. The molecule has 3 N–H and O–H groups in total. The summed E-state index contributed by atoms with van der Waals surface area (Å²) in [6.07, 6.45) is 7.65. The SMILES string of the molecule is NC(=O)C1(NC2CCCCC2)CCOCC1. The maximum Gasteiger partial charge on any atom is 0.237 e. The van der Waals surface area contributed by atoms with Crippen LogP contribution in [0, 0.1) is 0 Å². The third kappa shape index (κ3) is 2.55. The molecule has 1 aliphatic carbocycles. The highest BCUT2D eigenvalue weighted by Gasteiger charge is 2.39. The third-order valence-corrected chi connectivity index (χ3v) is 3.90. The van der Waals surface area contributed by atoms with E-state index >= 15 is 0 Å². The zero-order valence-corrected chi connectivity index (χ0v) is 9.84. The largest absolute Gasteiger partial charge is 0.381 e. The highest BCUT2D eigenvalue weighted by atomic mass is 16.5. The molecule has 4 heteroatoms. The predicted octanol–water partition coefficient (Wildman–Crippen LogP) is 0.943. The number of carbonyl (C=O) groups excluding carboxylic acids is 1. The Morgan fingerprint density at radius 3 is 2.38 bits per heavy atom. The Morgan fingerprint density at radius 2 is 1.81 bits per heavy atom. The normalized spacial score (nSPS) is 26.5. The van der Waals surface area contributed by atoms with E-state index in [1.54, 1.807) is 0 Å². The quantitative estimate of drug-likeness (QED) is 0.753. The van der Waals surface area contributed by atoms with E-state index < -0.39 is 5.54 Å². The van der Waals surface area contributed by atoms with Gasteiger partial charge in [0.2, 0.25) is 5.91 Å². The van der Waals surface area contributed by atoms with Gasteiger partial charge < -0.3 is 15.8 Å². The van der Waals surface area contributed by atoms with E-state index in [2.05, 4.69) is 5.32 Å². The Balaban J connectivity index is 1.98. The second-order valence-electron chi connectivity index (χ2n) is 5.04. The van der Waals surface area contributed by atoms with Gasteiger partial charge in [-0.05, 0) is 25.7 Å². The molecule has 2 fully saturated rings. The van der Waals surface area contributed by atoms with Crippen LogP contribution in [0.15, 0.2) is 0 Å². The molecule has 0 spiro atoms. The number of rotatable bonds is 3.